The van der Waals surface area contributed by atoms with E-state index in [0.717, 1.165) is 28.6 Å². The second kappa shape index (κ2) is 8.63. The average molecular weight is 530 g/mol. The largest absolute Gasteiger partial charge is 0.448 e. The van der Waals surface area contributed by atoms with Gasteiger partial charge in [-0.15, -0.1) is 0 Å². The van der Waals surface area contributed by atoms with Gasteiger partial charge < -0.3 is 9.30 Å². The Hall–Kier alpha value is -4.31. The van der Waals surface area contributed by atoms with Gasteiger partial charge in [0.05, 0.1) is 33.6 Å². The lowest BCUT2D eigenvalue weighted by Gasteiger charge is -2.43. The molecule has 9 nitrogen and oxygen atoms in total. The summed E-state index contributed by atoms with van der Waals surface area (Å²) in [5, 5.41) is 11.1. The molecule has 1 aromatic heterocycles. The fraction of sp³-hybridized carbons (Fsp3) is 0.214. The van der Waals surface area contributed by atoms with E-state index in [1.54, 1.807) is 30.7 Å². The van der Waals surface area contributed by atoms with Gasteiger partial charge in [-0.1, -0.05) is 30.3 Å². The van der Waals surface area contributed by atoms with E-state index in [-0.39, 0.29) is 16.1 Å². The zero-order valence-electron chi connectivity index (χ0n) is 20.4. The molecule has 0 radical (unpaired) electrons. The number of carbonyl (C=O) groups excluding carboxylic acids is 1. The minimum absolute atomic E-state index is 0.134. The lowest BCUT2D eigenvalue weighted by atomic mass is 9.72. The molecule has 1 aliphatic heterocycles. The second-order valence-corrected chi connectivity index (χ2v) is 11.7. The molecule has 0 bridgehead atoms. The highest BCUT2D eigenvalue weighted by Crippen LogP contribution is 2.55. The Bertz CT molecular complexity index is 1710. The first kappa shape index (κ1) is 24.1. The van der Waals surface area contributed by atoms with Gasteiger partial charge in [0.1, 0.15) is 6.04 Å². The van der Waals surface area contributed by atoms with Crippen molar-refractivity contribution in [2.45, 2.75) is 35.8 Å². The maximum absolute atomic E-state index is 13.7. The molecule has 1 unspecified atom stereocenters. The number of benzene rings is 3. The number of hydrogen-bond acceptors (Lipinski definition) is 7. The number of aryl methyl sites for hydroxylation is 1. The summed E-state index contributed by atoms with van der Waals surface area (Å²) >= 11 is 0. The van der Waals surface area contributed by atoms with Crippen LogP contribution in [0.1, 0.15) is 45.9 Å². The minimum Gasteiger partial charge on any atom is -0.448 e. The molecule has 1 aliphatic carbocycles. The van der Waals surface area contributed by atoms with Crippen LogP contribution in [-0.2, 0) is 26.6 Å². The van der Waals surface area contributed by atoms with Crippen molar-refractivity contribution >= 4 is 21.5 Å². The predicted molar refractivity (Wildman–Crippen MR) is 138 cm³/mol. The van der Waals surface area contributed by atoms with Gasteiger partial charge >= 0.3 is 5.97 Å². The summed E-state index contributed by atoms with van der Waals surface area (Å²) < 4.78 is 33.6. The number of ether oxygens (including phenoxy) is 1. The monoisotopic (exact) mass is 529 g/mol. The molecule has 10 heteroatoms. The number of rotatable bonds is 5. The van der Waals surface area contributed by atoms with E-state index in [0.29, 0.717) is 24.8 Å². The maximum Gasteiger partial charge on any atom is 0.339 e. The van der Waals surface area contributed by atoms with Crippen molar-refractivity contribution < 1.29 is 22.9 Å². The summed E-state index contributed by atoms with van der Waals surface area (Å²) in [5.41, 5.74) is 3.11. The van der Waals surface area contributed by atoms with Crippen LogP contribution in [0.15, 0.2) is 84.1 Å². The van der Waals surface area contributed by atoms with E-state index in [1.807, 2.05) is 28.8 Å². The Kier molecular flexibility index (Phi) is 5.46. The molecule has 2 atom stereocenters. The fourth-order valence-corrected chi connectivity index (χ4v) is 6.42. The summed E-state index contributed by atoms with van der Waals surface area (Å²) in [4.78, 5) is 28.8. The van der Waals surface area contributed by atoms with Crippen molar-refractivity contribution in [2.24, 2.45) is 0 Å². The molecule has 6 rings (SSSR count). The number of imidazole rings is 1. The highest BCUT2D eigenvalue weighted by atomic mass is 32.2. The van der Waals surface area contributed by atoms with Gasteiger partial charge in [0.25, 0.3) is 5.69 Å². The van der Waals surface area contributed by atoms with E-state index >= 15 is 0 Å². The zero-order valence-corrected chi connectivity index (χ0v) is 21.2. The fourth-order valence-electron chi connectivity index (χ4n) is 5.78. The molecule has 0 N–H and O–H groups in total. The minimum atomic E-state index is -3.54. The van der Waals surface area contributed by atoms with Gasteiger partial charge in [-0.25, -0.2) is 18.2 Å². The van der Waals surface area contributed by atoms with Crippen LogP contribution in [0.5, 0.6) is 0 Å². The van der Waals surface area contributed by atoms with E-state index in [2.05, 4.69) is 4.98 Å². The van der Waals surface area contributed by atoms with Gasteiger partial charge in [0, 0.05) is 29.5 Å². The van der Waals surface area contributed by atoms with E-state index in [4.69, 9.17) is 4.74 Å². The van der Waals surface area contributed by atoms with Crippen molar-refractivity contribution in [2.75, 3.05) is 6.26 Å². The standard InChI is InChI=1S/C28H23N3O6S/c1-38(35,36)21-13-10-18-5-4-14-28(24(18)15-21,37-27(32)19-8-11-20(12-9-19)31(33)34)26-23-7-3-2-6-22(23)25-16-29-17-30(25)26/h2-3,6-13,15-17,26H,4-5,14H2,1H3/t26-,28?/m0/s1. The molecule has 0 amide bonds. The molecule has 4 aromatic rings. The van der Waals surface area contributed by atoms with Crippen LogP contribution >= 0.6 is 0 Å². The van der Waals surface area contributed by atoms with Crippen molar-refractivity contribution in [1.29, 1.82) is 0 Å². The predicted octanol–water partition coefficient (Wildman–Crippen LogP) is 4.85. The number of fused-ring (bicyclic) bond motifs is 4. The van der Waals surface area contributed by atoms with Crippen LogP contribution in [-0.4, -0.2) is 35.1 Å². The summed E-state index contributed by atoms with van der Waals surface area (Å²) in [6.45, 7) is 0. The van der Waals surface area contributed by atoms with E-state index < -0.39 is 32.4 Å². The Morgan fingerprint density at radius 3 is 2.63 bits per heavy atom. The molecule has 38 heavy (non-hydrogen) atoms. The quantitative estimate of drug-likeness (QED) is 0.206. The summed E-state index contributed by atoms with van der Waals surface area (Å²) in [6, 6.07) is 17.6. The molecule has 0 saturated carbocycles. The molecule has 0 spiro atoms. The van der Waals surface area contributed by atoms with Gasteiger partial charge in [-0.2, -0.15) is 0 Å². The lowest BCUT2D eigenvalue weighted by molar-refractivity contribution is -0.384. The number of hydrogen-bond donors (Lipinski definition) is 0. The van der Waals surface area contributed by atoms with Crippen LogP contribution in [0.4, 0.5) is 5.69 Å². The number of esters is 1. The van der Waals surface area contributed by atoms with Crippen LogP contribution in [0.3, 0.4) is 0 Å². The number of nitrogens with zero attached hydrogens (tertiary/aromatic N) is 3. The zero-order chi connectivity index (χ0) is 26.7. The van der Waals surface area contributed by atoms with Crippen molar-refractivity contribution in [3.63, 3.8) is 0 Å². The normalized spacial score (nSPS) is 19.8. The average Bonchev–Trinajstić information content (AvgIpc) is 3.49. The Balaban J connectivity index is 1.57. The molecule has 0 fully saturated rings. The van der Waals surface area contributed by atoms with Crippen molar-refractivity contribution in [1.82, 2.24) is 9.55 Å². The van der Waals surface area contributed by atoms with Crippen molar-refractivity contribution in [3.05, 3.63) is 112 Å². The third-order valence-corrected chi connectivity index (χ3v) is 8.58. The van der Waals surface area contributed by atoms with Crippen LogP contribution in [0.25, 0.3) is 11.3 Å². The maximum atomic E-state index is 13.7. The second-order valence-electron chi connectivity index (χ2n) is 9.70. The lowest BCUT2D eigenvalue weighted by Crippen LogP contribution is -2.43. The highest BCUT2D eigenvalue weighted by molar-refractivity contribution is 7.90. The number of carbonyl (C=O) groups is 1. The first-order chi connectivity index (χ1) is 18.2. The number of sulfone groups is 1. The third-order valence-electron chi connectivity index (χ3n) is 7.47. The molecular weight excluding hydrogens is 506 g/mol. The molecule has 0 saturated heterocycles. The Morgan fingerprint density at radius 2 is 1.89 bits per heavy atom. The highest BCUT2D eigenvalue weighted by Gasteiger charge is 2.52. The van der Waals surface area contributed by atoms with Crippen LogP contribution in [0, 0.1) is 10.1 Å². The number of non-ortho nitro benzene ring substituents is 1. The Morgan fingerprint density at radius 1 is 1.13 bits per heavy atom. The van der Waals surface area contributed by atoms with Gasteiger partial charge in [0.15, 0.2) is 15.4 Å². The number of nitro benzene ring substituents is 1. The summed E-state index contributed by atoms with van der Waals surface area (Å²) in [7, 11) is -3.54. The smallest absolute Gasteiger partial charge is 0.339 e. The van der Waals surface area contributed by atoms with Crippen LogP contribution in [0.2, 0.25) is 0 Å². The first-order valence-electron chi connectivity index (χ1n) is 12.1. The third kappa shape index (κ3) is 3.71. The number of nitro groups is 1. The molecule has 2 aliphatic rings. The SMILES string of the molecule is CS(=O)(=O)c1ccc2c(c1)C(OC(=O)c1ccc([N+](=O)[O-])cc1)([C@@H]1c3ccccc3-c3cncn31)CCC2. The molecule has 3 aromatic carbocycles. The van der Waals surface area contributed by atoms with Gasteiger partial charge in [-0.3, -0.25) is 10.1 Å². The van der Waals surface area contributed by atoms with Gasteiger partial charge in [0.2, 0.25) is 0 Å². The molecule has 2 heterocycles. The van der Waals surface area contributed by atoms with Gasteiger partial charge in [-0.05, 0) is 54.7 Å². The number of aromatic nitrogens is 2. The molecule has 192 valence electrons. The van der Waals surface area contributed by atoms with Crippen LogP contribution < -0.4 is 0 Å². The topological polar surface area (TPSA) is 121 Å². The first-order valence-corrected chi connectivity index (χ1v) is 14.0. The summed E-state index contributed by atoms with van der Waals surface area (Å²) in [5.74, 6) is -0.649. The van der Waals surface area contributed by atoms with E-state index in [1.165, 1.54) is 24.3 Å². The van der Waals surface area contributed by atoms with E-state index in [9.17, 15) is 23.3 Å². The van der Waals surface area contributed by atoms with Crippen molar-refractivity contribution in [3.8, 4) is 11.3 Å². The summed E-state index contributed by atoms with van der Waals surface area (Å²) in [6.07, 6.45) is 6.49. The molecular formula is C28H23N3O6S. The Labute approximate surface area is 218 Å².